The van der Waals surface area contributed by atoms with Gasteiger partial charge < -0.3 is 21.1 Å². The molecule has 31 heavy (non-hydrogen) atoms. The molecule has 0 fully saturated rings. The predicted octanol–water partition coefficient (Wildman–Crippen LogP) is 2.99. The molecule has 1 aromatic heterocycles. The molecule has 1 aromatic rings. The summed E-state index contributed by atoms with van der Waals surface area (Å²) in [4.78, 5) is 8.95. The normalized spacial score (nSPS) is 16.6. The molecule has 0 bridgehead atoms. The summed E-state index contributed by atoms with van der Waals surface area (Å²) >= 11 is 0. The number of nitrogens with zero attached hydrogens (tertiary/aromatic N) is 2. The van der Waals surface area contributed by atoms with Crippen LogP contribution < -0.4 is 16.0 Å². The van der Waals surface area contributed by atoms with Crippen LogP contribution in [0, 0.1) is 6.92 Å². The number of aliphatic hydroxyl groups excluding tert-OH is 1. The zero-order valence-electron chi connectivity index (χ0n) is 18.5. The minimum absolute atomic E-state index is 0.0191. The number of hydrogen-bond acceptors (Lipinski definition) is 6. The van der Waals surface area contributed by atoms with Crippen LogP contribution in [0.5, 0.6) is 0 Å². The van der Waals surface area contributed by atoms with E-state index in [0.29, 0.717) is 25.2 Å². The number of hydrogen-bond donors (Lipinski definition) is 4. The maximum atomic E-state index is 13.1. The summed E-state index contributed by atoms with van der Waals surface area (Å²) in [5.41, 5.74) is 5.03. The van der Waals surface area contributed by atoms with Gasteiger partial charge in [-0.1, -0.05) is 12.6 Å². The largest absolute Gasteiger partial charge is 0.396 e. The van der Waals surface area contributed by atoms with E-state index < -0.39 is 5.92 Å². The summed E-state index contributed by atoms with van der Waals surface area (Å²) in [7, 11) is 1.87. The number of halogens is 2. The van der Waals surface area contributed by atoms with E-state index in [2.05, 4.69) is 32.5 Å². The molecule has 0 saturated carbocycles. The van der Waals surface area contributed by atoms with Crippen LogP contribution in [0.25, 0.3) is 0 Å². The van der Waals surface area contributed by atoms with Gasteiger partial charge in [0, 0.05) is 43.3 Å². The van der Waals surface area contributed by atoms with E-state index in [-0.39, 0.29) is 25.5 Å². The Bertz CT molecular complexity index is 843. The highest BCUT2D eigenvalue weighted by atomic mass is 19.3. The van der Waals surface area contributed by atoms with Gasteiger partial charge in [-0.3, -0.25) is 9.98 Å². The monoisotopic (exact) mass is 433 g/mol. The van der Waals surface area contributed by atoms with E-state index in [4.69, 9.17) is 5.11 Å². The van der Waals surface area contributed by atoms with Crippen LogP contribution in [0.3, 0.4) is 0 Å². The highest BCUT2D eigenvalue weighted by Gasteiger charge is 2.21. The minimum atomic E-state index is -2.69. The molecule has 0 amide bonds. The van der Waals surface area contributed by atoms with E-state index in [1.807, 2.05) is 38.5 Å². The standard InChI is InChI=1S/C23H33F2N5O/c1-16-12-18(14-30-20(16)6-8-23(3,24)25)13-27-15-19-21(26-4)7-10-29-22(19)17(2)28-9-5-11-31/h7,10,12,14-15,21,26,28-29,31H,2,5-6,8-9,11,13H2,1,3-4H3. The van der Waals surface area contributed by atoms with Crippen molar-refractivity contribution in [1.82, 2.24) is 20.9 Å². The Hall–Kier alpha value is -2.58. The molecular weight excluding hydrogens is 400 g/mol. The lowest BCUT2D eigenvalue weighted by Gasteiger charge is -2.24. The van der Waals surface area contributed by atoms with Gasteiger partial charge >= 0.3 is 0 Å². The van der Waals surface area contributed by atoms with Gasteiger partial charge in [0.1, 0.15) is 0 Å². The minimum Gasteiger partial charge on any atom is -0.396 e. The number of likely N-dealkylation sites (N-methyl/N-ethyl adjacent to an activating group) is 1. The Balaban J connectivity index is 2.10. The van der Waals surface area contributed by atoms with Gasteiger partial charge in [-0.05, 0) is 57.1 Å². The van der Waals surface area contributed by atoms with Crippen molar-refractivity contribution in [2.24, 2.45) is 4.99 Å². The molecule has 0 radical (unpaired) electrons. The summed E-state index contributed by atoms with van der Waals surface area (Å²) in [6.45, 7) is 8.08. The zero-order chi connectivity index (χ0) is 22.9. The fourth-order valence-corrected chi connectivity index (χ4v) is 3.23. The van der Waals surface area contributed by atoms with Gasteiger partial charge in [0.15, 0.2) is 0 Å². The van der Waals surface area contributed by atoms with E-state index in [9.17, 15) is 8.78 Å². The molecule has 8 heteroatoms. The molecule has 4 N–H and O–H groups in total. The molecule has 2 rings (SSSR count). The van der Waals surface area contributed by atoms with Crippen LogP contribution in [-0.4, -0.2) is 48.5 Å². The Morgan fingerprint density at radius 2 is 2.23 bits per heavy atom. The maximum Gasteiger partial charge on any atom is 0.245 e. The van der Waals surface area contributed by atoms with Gasteiger partial charge in [-0.15, -0.1) is 0 Å². The third-order valence-corrected chi connectivity index (χ3v) is 4.97. The molecule has 170 valence electrons. The van der Waals surface area contributed by atoms with Crippen molar-refractivity contribution in [3.8, 4) is 0 Å². The highest BCUT2D eigenvalue weighted by Crippen LogP contribution is 2.21. The lowest BCUT2D eigenvalue weighted by molar-refractivity contribution is 0.0130. The SMILES string of the molecule is C=C(NCCCO)C1=C(C=NCc2cnc(CCC(C)(F)F)c(C)c2)C(NC)C=CN1. The first-order valence-electron chi connectivity index (χ1n) is 10.5. The lowest BCUT2D eigenvalue weighted by Crippen LogP contribution is -2.35. The van der Waals surface area contributed by atoms with Crippen LogP contribution in [-0.2, 0) is 13.0 Å². The molecule has 1 aliphatic rings. The van der Waals surface area contributed by atoms with Crippen molar-refractivity contribution in [3.05, 3.63) is 64.9 Å². The second-order valence-corrected chi connectivity index (χ2v) is 7.73. The van der Waals surface area contributed by atoms with Crippen LogP contribution >= 0.6 is 0 Å². The number of dihydropyridines is 1. The number of aliphatic imine (C=N–C) groups is 1. The van der Waals surface area contributed by atoms with Crippen molar-refractivity contribution in [3.63, 3.8) is 0 Å². The topological polar surface area (TPSA) is 81.6 Å². The van der Waals surface area contributed by atoms with Gasteiger partial charge in [0.2, 0.25) is 5.92 Å². The van der Waals surface area contributed by atoms with Gasteiger partial charge in [-0.2, -0.15) is 0 Å². The Kier molecular flexibility index (Phi) is 9.33. The summed E-state index contributed by atoms with van der Waals surface area (Å²) < 4.78 is 26.2. The average Bonchev–Trinajstić information content (AvgIpc) is 2.72. The molecule has 2 heterocycles. The first-order valence-corrected chi connectivity index (χ1v) is 10.5. The van der Waals surface area contributed by atoms with Crippen LogP contribution in [0.2, 0.25) is 0 Å². The van der Waals surface area contributed by atoms with Crippen molar-refractivity contribution in [2.45, 2.75) is 51.6 Å². The molecular formula is C23H33F2N5O. The molecule has 0 saturated heterocycles. The molecule has 0 aromatic carbocycles. The molecule has 0 spiro atoms. The van der Waals surface area contributed by atoms with Crippen LogP contribution in [0.15, 0.2) is 53.1 Å². The molecule has 1 atom stereocenters. The van der Waals surface area contributed by atoms with Crippen molar-refractivity contribution < 1.29 is 13.9 Å². The second kappa shape index (κ2) is 11.7. The Morgan fingerprint density at radius 1 is 1.45 bits per heavy atom. The van der Waals surface area contributed by atoms with Crippen molar-refractivity contribution in [2.75, 3.05) is 20.2 Å². The Labute approximate surface area is 183 Å². The third kappa shape index (κ3) is 7.88. The highest BCUT2D eigenvalue weighted by molar-refractivity contribution is 5.83. The number of pyridine rings is 1. The molecule has 0 aliphatic carbocycles. The first kappa shape index (κ1) is 24.7. The third-order valence-electron chi connectivity index (χ3n) is 4.97. The number of alkyl halides is 2. The number of aliphatic hydroxyl groups is 1. The number of rotatable bonds is 12. The lowest BCUT2D eigenvalue weighted by atomic mass is 10.0. The van der Waals surface area contributed by atoms with Crippen LogP contribution in [0.4, 0.5) is 8.78 Å². The summed E-state index contributed by atoms with van der Waals surface area (Å²) in [5.74, 6) is -2.69. The maximum absolute atomic E-state index is 13.1. The Morgan fingerprint density at radius 3 is 2.87 bits per heavy atom. The van der Waals surface area contributed by atoms with E-state index >= 15 is 0 Å². The van der Waals surface area contributed by atoms with Gasteiger partial charge in [0.05, 0.1) is 24.0 Å². The van der Waals surface area contributed by atoms with Crippen LogP contribution in [0.1, 0.15) is 36.6 Å². The molecule has 6 nitrogen and oxygen atoms in total. The summed E-state index contributed by atoms with van der Waals surface area (Å²) in [6, 6.07) is 1.93. The second-order valence-electron chi connectivity index (χ2n) is 7.73. The van der Waals surface area contributed by atoms with Crippen molar-refractivity contribution >= 4 is 6.21 Å². The fraction of sp³-hybridized carbons (Fsp3) is 0.478. The van der Waals surface area contributed by atoms with E-state index in [1.165, 1.54) is 0 Å². The number of aryl methyl sites for hydroxylation is 2. The molecule has 1 aliphatic heterocycles. The van der Waals surface area contributed by atoms with E-state index in [0.717, 1.165) is 35.0 Å². The predicted molar refractivity (Wildman–Crippen MR) is 121 cm³/mol. The van der Waals surface area contributed by atoms with Gasteiger partial charge in [0.25, 0.3) is 0 Å². The number of nitrogens with one attached hydrogen (secondary N) is 3. The fourth-order valence-electron chi connectivity index (χ4n) is 3.23. The van der Waals surface area contributed by atoms with Crippen molar-refractivity contribution in [1.29, 1.82) is 0 Å². The summed E-state index contributed by atoms with van der Waals surface area (Å²) in [5, 5.41) is 18.6. The molecule has 1 unspecified atom stereocenters. The summed E-state index contributed by atoms with van der Waals surface area (Å²) in [6.07, 6.45) is 8.05. The smallest absolute Gasteiger partial charge is 0.245 e. The number of aromatic nitrogens is 1. The average molecular weight is 434 g/mol. The van der Waals surface area contributed by atoms with Gasteiger partial charge in [-0.25, -0.2) is 8.78 Å². The zero-order valence-corrected chi connectivity index (χ0v) is 18.5. The quantitative estimate of drug-likeness (QED) is 0.301. The first-order chi connectivity index (χ1) is 14.7. The van der Waals surface area contributed by atoms with E-state index in [1.54, 1.807) is 6.20 Å².